The topological polar surface area (TPSA) is 111 Å². The van der Waals surface area contributed by atoms with Crippen LogP contribution in [0.4, 0.5) is 0 Å². The van der Waals surface area contributed by atoms with Gasteiger partial charge in [0.15, 0.2) is 0 Å². The Morgan fingerprint density at radius 1 is 1.08 bits per heavy atom. The predicted octanol–water partition coefficient (Wildman–Crippen LogP) is 1.40. The molecule has 1 heterocycles. The molecule has 0 atom stereocenters. The molecule has 0 saturated heterocycles. The quantitative estimate of drug-likeness (QED) is 0.670. The number of hydrazine groups is 1. The molecule has 0 aliphatic carbocycles. The van der Waals surface area contributed by atoms with Gasteiger partial charge in [-0.05, 0) is 52.9 Å². The SMILES string of the molecule is COc1ccc(Cl)cc1C(=O)NNC(=O)c1ccc(-n2cnnn2)cc1. The summed E-state index contributed by atoms with van der Waals surface area (Å²) in [4.78, 5) is 24.4. The molecular formula is C16H13ClN6O3. The second kappa shape index (κ2) is 7.62. The lowest BCUT2D eigenvalue weighted by Gasteiger charge is -2.11. The molecule has 9 nitrogen and oxygen atoms in total. The molecule has 0 aliphatic rings. The van der Waals surface area contributed by atoms with E-state index < -0.39 is 11.8 Å². The standard InChI is InChI=1S/C16H13ClN6O3/c1-26-14-7-4-11(17)8-13(14)16(25)20-19-15(24)10-2-5-12(6-3-10)23-9-18-21-22-23/h2-9H,1H3,(H,19,24)(H,20,25). The molecule has 0 bridgehead atoms. The van der Waals surface area contributed by atoms with Gasteiger partial charge in [0.05, 0.1) is 18.4 Å². The molecule has 0 aliphatic heterocycles. The van der Waals surface area contributed by atoms with Crippen LogP contribution >= 0.6 is 11.6 Å². The summed E-state index contributed by atoms with van der Waals surface area (Å²) in [5.41, 5.74) is 5.91. The number of hydrogen-bond donors (Lipinski definition) is 2. The van der Waals surface area contributed by atoms with Crippen molar-refractivity contribution >= 4 is 23.4 Å². The van der Waals surface area contributed by atoms with Crippen molar-refractivity contribution in [1.29, 1.82) is 0 Å². The van der Waals surface area contributed by atoms with E-state index in [1.165, 1.54) is 24.2 Å². The van der Waals surface area contributed by atoms with E-state index >= 15 is 0 Å². The summed E-state index contributed by atoms with van der Waals surface area (Å²) in [5, 5.41) is 11.2. The van der Waals surface area contributed by atoms with E-state index in [-0.39, 0.29) is 5.56 Å². The summed E-state index contributed by atoms with van der Waals surface area (Å²) >= 11 is 5.89. The molecule has 1 aromatic heterocycles. The monoisotopic (exact) mass is 372 g/mol. The number of amides is 2. The Balaban J connectivity index is 1.65. The van der Waals surface area contributed by atoms with E-state index in [0.29, 0.717) is 22.0 Å². The zero-order valence-electron chi connectivity index (χ0n) is 13.5. The van der Waals surface area contributed by atoms with E-state index in [9.17, 15) is 9.59 Å². The maximum atomic E-state index is 12.2. The van der Waals surface area contributed by atoms with Crippen LogP contribution < -0.4 is 15.6 Å². The first-order valence-electron chi connectivity index (χ1n) is 7.36. The highest BCUT2D eigenvalue weighted by molar-refractivity contribution is 6.31. The molecule has 2 aromatic carbocycles. The van der Waals surface area contributed by atoms with E-state index in [1.807, 2.05) is 0 Å². The number of nitrogens with one attached hydrogen (secondary N) is 2. The second-order valence-corrected chi connectivity index (χ2v) is 5.49. The number of aromatic nitrogens is 4. The van der Waals surface area contributed by atoms with Gasteiger partial charge in [-0.1, -0.05) is 11.6 Å². The number of tetrazole rings is 1. The van der Waals surface area contributed by atoms with Gasteiger partial charge in [-0.15, -0.1) is 5.10 Å². The van der Waals surface area contributed by atoms with Crippen LogP contribution in [0.3, 0.4) is 0 Å². The lowest BCUT2D eigenvalue weighted by molar-refractivity contribution is 0.0845. The third-order valence-electron chi connectivity index (χ3n) is 3.44. The summed E-state index contributed by atoms with van der Waals surface area (Å²) in [6.07, 6.45) is 1.44. The van der Waals surface area contributed by atoms with Gasteiger partial charge in [0.1, 0.15) is 12.1 Å². The summed E-state index contributed by atoms with van der Waals surface area (Å²) in [5.74, 6) is -0.697. The average molecular weight is 373 g/mol. The normalized spacial score (nSPS) is 10.2. The number of halogens is 1. The van der Waals surface area contributed by atoms with Gasteiger partial charge in [0.2, 0.25) is 0 Å². The molecule has 3 rings (SSSR count). The van der Waals surface area contributed by atoms with E-state index in [4.69, 9.17) is 16.3 Å². The Kier molecular flexibility index (Phi) is 5.09. The number of ether oxygens (including phenoxy) is 1. The summed E-state index contributed by atoms with van der Waals surface area (Å²) in [6.45, 7) is 0. The number of nitrogens with zero attached hydrogens (tertiary/aromatic N) is 4. The highest BCUT2D eigenvalue weighted by Gasteiger charge is 2.14. The lowest BCUT2D eigenvalue weighted by Crippen LogP contribution is -2.41. The fourth-order valence-electron chi connectivity index (χ4n) is 2.16. The molecule has 2 amide bonds. The highest BCUT2D eigenvalue weighted by atomic mass is 35.5. The van der Waals surface area contributed by atoms with Crippen molar-refractivity contribution < 1.29 is 14.3 Å². The Bertz CT molecular complexity index is 928. The van der Waals surface area contributed by atoms with Gasteiger partial charge < -0.3 is 4.74 Å². The summed E-state index contributed by atoms with van der Waals surface area (Å²) in [7, 11) is 1.44. The van der Waals surface area contributed by atoms with Crippen molar-refractivity contribution in [3.8, 4) is 11.4 Å². The Hall–Kier alpha value is -3.46. The van der Waals surface area contributed by atoms with Crippen LogP contribution in [0.1, 0.15) is 20.7 Å². The van der Waals surface area contributed by atoms with Crippen LogP contribution in [-0.4, -0.2) is 39.1 Å². The minimum absolute atomic E-state index is 0.203. The molecule has 0 radical (unpaired) electrons. The summed E-state index contributed by atoms with van der Waals surface area (Å²) < 4.78 is 6.56. The molecule has 0 unspecified atom stereocenters. The smallest absolute Gasteiger partial charge is 0.273 e. The van der Waals surface area contributed by atoms with Crippen molar-refractivity contribution in [2.75, 3.05) is 7.11 Å². The molecule has 0 fully saturated rings. The maximum absolute atomic E-state index is 12.2. The van der Waals surface area contributed by atoms with Crippen LogP contribution in [0.25, 0.3) is 5.69 Å². The number of benzene rings is 2. The van der Waals surface area contributed by atoms with Crippen molar-refractivity contribution in [2.24, 2.45) is 0 Å². The van der Waals surface area contributed by atoms with Gasteiger partial charge >= 0.3 is 0 Å². The zero-order valence-corrected chi connectivity index (χ0v) is 14.3. The minimum Gasteiger partial charge on any atom is -0.496 e. The Morgan fingerprint density at radius 2 is 1.81 bits per heavy atom. The Labute approximate surface area is 152 Å². The van der Waals surface area contributed by atoms with Crippen LogP contribution in [-0.2, 0) is 0 Å². The van der Waals surface area contributed by atoms with Crippen molar-refractivity contribution in [3.63, 3.8) is 0 Å². The van der Waals surface area contributed by atoms with Gasteiger partial charge in [-0.2, -0.15) is 0 Å². The van der Waals surface area contributed by atoms with Gasteiger partial charge in [-0.3, -0.25) is 20.4 Å². The molecule has 26 heavy (non-hydrogen) atoms. The van der Waals surface area contributed by atoms with E-state index in [0.717, 1.165) is 0 Å². The number of methoxy groups -OCH3 is 1. The van der Waals surface area contributed by atoms with E-state index in [1.54, 1.807) is 36.4 Å². The van der Waals surface area contributed by atoms with Crippen LogP contribution in [0.15, 0.2) is 48.8 Å². The minimum atomic E-state index is -0.553. The van der Waals surface area contributed by atoms with E-state index in [2.05, 4.69) is 26.4 Å². The molecule has 3 aromatic rings. The Morgan fingerprint density at radius 3 is 2.46 bits per heavy atom. The van der Waals surface area contributed by atoms with Crippen LogP contribution in [0.2, 0.25) is 5.02 Å². The number of carbonyl (C=O) groups excluding carboxylic acids is 2. The van der Waals surface area contributed by atoms with Crippen molar-refractivity contribution in [3.05, 3.63) is 64.9 Å². The molecule has 10 heteroatoms. The maximum Gasteiger partial charge on any atom is 0.273 e. The first kappa shape index (κ1) is 17.4. The molecule has 132 valence electrons. The highest BCUT2D eigenvalue weighted by Crippen LogP contribution is 2.22. The first-order chi connectivity index (χ1) is 12.6. The van der Waals surface area contributed by atoms with Gasteiger partial charge in [0, 0.05) is 10.6 Å². The fourth-order valence-corrected chi connectivity index (χ4v) is 2.33. The van der Waals surface area contributed by atoms with Crippen molar-refractivity contribution in [2.45, 2.75) is 0 Å². The number of hydrogen-bond acceptors (Lipinski definition) is 6. The largest absolute Gasteiger partial charge is 0.496 e. The molecule has 0 saturated carbocycles. The van der Waals surface area contributed by atoms with Gasteiger partial charge in [0.25, 0.3) is 11.8 Å². The third-order valence-corrected chi connectivity index (χ3v) is 3.67. The molecular weight excluding hydrogens is 360 g/mol. The molecule has 0 spiro atoms. The predicted molar refractivity (Wildman–Crippen MR) is 92.1 cm³/mol. The average Bonchev–Trinajstić information content (AvgIpc) is 3.20. The van der Waals surface area contributed by atoms with Gasteiger partial charge in [-0.25, -0.2) is 4.68 Å². The second-order valence-electron chi connectivity index (χ2n) is 5.05. The zero-order chi connectivity index (χ0) is 18.5. The van der Waals surface area contributed by atoms with Crippen LogP contribution in [0.5, 0.6) is 5.75 Å². The van der Waals surface area contributed by atoms with Crippen LogP contribution in [0, 0.1) is 0 Å². The number of rotatable bonds is 4. The fraction of sp³-hybridized carbons (Fsp3) is 0.0625. The molecule has 2 N–H and O–H groups in total. The first-order valence-corrected chi connectivity index (χ1v) is 7.74. The van der Waals surface area contributed by atoms with Crippen molar-refractivity contribution in [1.82, 2.24) is 31.1 Å². The summed E-state index contributed by atoms with van der Waals surface area (Å²) in [6, 6.07) is 11.1. The number of carbonyl (C=O) groups is 2. The lowest BCUT2D eigenvalue weighted by atomic mass is 10.2. The third kappa shape index (κ3) is 3.78.